The first-order chi connectivity index (χ1) is 13.7. The first-order valence-electron chi connectivity index (χ1n) is 10.2. The number of likely N-dealkylation sites (tertiary alicyclic amines) is 1. The molecule has 2 aromatic carbocycles. The fourth-order valence-corrected chi connectivity index (χ4v) is 5.75. The lowest BCUT2D eigenvalue weighted by atomic mass is 9.61. The van der Waals surface area contributed by atoms with E-state index in [1.165, 1.54) is 17.4 Å². The number of sulfone groups is 1. The molecule has 5 nitrogen and oxygen atoms in total. The number of aromatic hydroxyl groups is 1. The summed E-state index contributed by atoms with van der Waals surface area (Å²) in [6.07, 6.45) is 4.12. The lowest BCUT2D eigenvalue weighted by molar-refractivity contribution is 0.0663. The lowest BCUT2D eigenvalue weighted by Gasteiger charge is -2.55. The molecule has 156 valence electrons. The summed E-state index contributed by atoms with van der Waals surface area (Å²) in [5, 5.41) is 13.9. The van der Waals surface area contributed by atoms with E-state index >= 15 is 0 Å². The van der Waals surface area contributed by atoms with Crippen LogP contribution in [0.5, 0.6) is 5.75 Å². The second kappa shape index (κ2) is 7.42. The molecule has 1 aliphatic carbocycles. The summed E-state index contributed by atoms with van der Waals surface area (Å²) in [5.41, 5.74) is 3.74. The van der Waals surface area contributed by atoms with Crippen molar-refractivity contribution in [3.63, 3.8) is 0 Å². The molecule has 4 rings (SSSR count). The topological polar surface area (TPSA) is 69.6 Å². The Bertz CT molecular complexity index is 1000. The number of fused-ring (bicyclic) bond motifs is 4. The van der Waals surface area contributed by atoms with Crippen LogP contribution < -0.4 is 5.32 Å². The van der Waals surface area contributed by atoms with Gasteiger partial charge in [-0.2, -0.15) is 0 Å². The van der Waals surface area contributed by atoms with Crippen LogP contribution in [-0.4, -0.2) is 56.9 Å². The van der Waals surface area contributed by atoms with Gasteiger partial charge in [-0.1, -0.05) is 25.1 Å². The molecule has 0 unspecified atom stereocenters. The molecule has 0 aromatic heterocycles. The van der Waals surface area contributed by atoms with Crippen molar-refractivity contribution in [3.05, 3.63) is 59.2 Å². The highest BCUT2D eigenvalue weighted by Crippen LogP contribution is 2.45. The highest BCUT2D eigenvalue weighted by atomic mass is 32.2. The van der Waals surface area contributed by atoms with Crippen molar-refractivity contribution in [2.45, 2.75) is 48.6 Å². The number of phenolic OH excluding ortho intramolecular Hbond substituents is 1. The number of benzene rings is 2. The Morgan fingerprint density at radius 1 is 1.21 bits per heavy atom. The average molecular weight is 415 g/mol. The number of nitrogens with one attached hydrogen (secondary N) is 1. The third-order valence-corrected chi connectivity index (χ3v) is 8.02. The van der Waals surface area contributed by atoms with Crippen molar-refractivity contribution in [2.75, 3.05) is 26.4 Å². The Morgan fingerprint density at radius 2 is 1.93 bits per heavy atom. The molecule has 1 heterocycles. The molecule has 0 radical (unpaired) electrons. The van der Waals surface area contributed by atoms with E-state index in [-0.39, 0.29) is 5.41 Å². The first-order valence-corrected chi connectivity index (χ1v) is 12.1. The van der Waals surface area contributed by atoms with Crippen LogP contribution in [0.15, 0.2) is 47.4 Å². The van der Waals surface area contributed by atoms with Crippen molar-refractivity contribution in [3.8, 4) is 5.75 Å². The van der Waals surface area contributed by atoms with E-state index in [1.807, 2.05) is 18.2 Å². The van der Waals surface area contributed by atoms with Crippen LogP contribution in [0.25, 0.3) is 0 Å². The molecule has 1 fully saturated rings. The second-order valence-electron chi connectivity index (χ2n) is 8.86. The Balaban J connectivity index is 1.51. The summed E-state index contributed by atoms with van der Waals surface area (Å²) in [7, 11) is -0.953. The van der Waals surface area contributed by atoms with Gasteiger partial charge in [0.05, 0.1) is 4.90 Å². The number of rotatable bonds is 5. The van der Waals surface area contributed by atoms with Gasteiger partial charge in [0.25, 0.3) is 0 Å². The van der Waals surface area contributed by atoms with Gasteiger partial charge >= 0.3 is 0 Å². The maximum absolute atomic E-state index is 11.6. The van der Waals surface area contributed by atoms with Gasteiger partial charge in [0, 0.05) is 23.8 Å². The Kier molecular flexibility index (Phi) is 5.21. The second-order valence-corrected chi connectivity index (χ2v) is 10.9. The minimum atomic E-state index is -3.16. The largest absolute Gasteiger partial charge is 0.508 e. The van der Waals surface area contributed by atoms with Gasteiger partial charge < -0.3 is 15.3 Å². The standard InChI is InChI=1S/C23H30N2O3S/c1-23-11-13-25(2)21(14-17-6-7-18(26)15-20(17)23)22(23)24-12-10-16-4-8-19(9-5-16)29(3,27)28/h4-9,15,21-22,24,26H,10-14H2,1-3H3/t21-,22+,23-/m1/s1. The molecular formula is C23H30N2O3S. The molecular weight excluding hydrogens is 384 g/mol. The molecule has 2 bridgehead atoms. The first kappa shape index (κ1) is 20.4. The number of hydrogen-bond acceptors (Lipinski definition) is 5. The normalized spacial score (nSPS) is 26.9. The monoisotopic (exact) mass is 414 g/mol. The minimum Gasteiger partial charge on any atom is -0.508 e. The van der Waals surface area contributed by atoms with Crippen LogP contribution in [0.2, 0.25) is 0 Å². The molecule has 2 N–H and O–H groups in total. The van der Waals surface area contributed by atoms with Gasteiger partial charge in [0.2, 0.25) is 0 Å². The van der Waals surface area contributed by atoms with Gasteiger partial charge in [-0.05, 0) is 80.4 Å². The van der Waals surface area contributed by atoms with Gasteiger partial charge in [-0.3, -0.25) is 0 Å². The van der Waals surface area contributed by atoms with Crippen molar-refractivity contribution >= 4 is 9.84 Å². The average Bonchev–Trinajstić information content (AvgIpc) is 2.67. The smallest absolute Gasteiger partial charge is 0.175 e. The van der Waals surface area contributed by atoms with Crippen molar-refractivity contribution in [2.24, 2.45) is 0 Å². The van der Waals surface area contributed by atoms with E-state index in [0.717, 1.165) is 37.9 Å². The summed E-state index contributed by atoms with van der Waals surface area (Å²) in [6, 6.07) is 13.8. The molecule has 29 heavy (non-hydrogen) atoms. The van der Waals surface area contributed by atoms with Gasteiger partial charge in [0.15, 0.2) is 9.84 Å². The Hall–Kier alpha value is -1.89. The fourth-order valence-electron chi connectivity index (χ4n) is 5.12. The third kappa shape index (κ3) is 3.81. The van der Waals surface area contributed by atoms with E-state index in [2.05, 4.69) is 30.3 Å². The third-order valence-electron chi connectivity index (χ3n) is 6.89. The predicted octanol–water partition coefficient (Wildman–Crippen LogP) is 2.51. The number of hydrogen-bond donors (Lipinski definition) is 2. The molecule has 0 saturated carbocycles. The van der Waals surface area contributed by atoms with Crippen LogP contribution >= 0.6 is 0 Å². The van der Waals surface area contributed by atoms with Crippen LogP contribution in [0, 0.1) is 0 Å². The van der Waals surface area contributed by atoms with E-state index in [0.29, 0.717) is 22.7 Å². The number of nitrogens with zero attached hydrogens (tertiary/aromatic N) is 1. The van der Waals surface area contributed by atoms with Crippen molar-refractivity contribution < 1.29 is 13.5 Å². The summed E-state index contributed by atoms with van der Waals surface area (Å²) in [6.45, 7) is 4.21. The predicted molar refractivity (Wildman–Crippen MR) is 115 cm³/mol. The van der Waals surface area contributed by atoms with Crippen LogP contribution in [0.1, 0.15) is 30.0 Å². The Morgan fingerprint density at radius 3 is 2.62 bits per heavy atom. The molecule has 0 amide bonds. The van der Waals surface area contributed by atoms with Crippen LogP contribution in [0.3, 0.4) is 0 Å². The van der Waals surface area contributed by atoms with Crippen molar-refractivity contribution in [1.29, 1.82) is 0 Å². The lowest BCUT2D eigenvalue weighted by Crippen LogP contribution is -2.66. The SMILES string of the molecule is CN1CC[C@]2(C)c3cc(O)ccc3C[C@@H]1[C@@H]2NCCc1ccc(S(C)(=O)=O)cc1. The maximum Gasteiger partial charge on any atom is 0.175 e. The highest BCUT2D eigenvalue weighted by molar-refractivity contribution is 7.90. The molecule has 2 aromatic rings. The van der Waals surface area contributed by atoms with Crippen LogP contribution in [0.4, 0.5) is 0 Å². The Labute approximate surface area is 173 Å². The quantitative estimate of drug-likeness (QED) is 0.787. The zero-order chi connectivity index (χ0) is 20.8. The number of piperidine rings is 1. The van der Waals surface area contributed by atoms with E-state index < -0.39 is 9.84 Å². The van der Waals surface area contributed by atoms with Gasteiger partial charge in [0.1, 0.15) is 5.75 Å². The molecule has 3 atom stereocenters. The molecule has 2 aliphatic rings. The zero-order valence-electron chi connectivity index (χ0n) is 17.4. The maximum atomic E-state index is 11.6. The molecule has 1 saturated heterocycles. The summed E-state index contributed by atoms with van der Waals surface area (Å²) in [5.74, 6) is 0.340. The molecule has 0 spiro atoms. The minimum absolute atomic E-state index is 0.0103. The van der Waals surface area contributed by atoms with E-state index in [9.17, 15) is 13.5 Å². The van der Waals surface area contributed by atoms with Crippen molar-refractivity contribution in [1.82, 2.24) is 10.2 Å². The van der Waals surface area contributed by atoms with Crippen LogP contribution in [-0.2, 0) is 28.1 Å². The zero-order valence-corrected chi connectivity index (χ0v) is 18.2. The van der Waals surface area contributed by atoms with E-state index in [4.69, 9.17) is 0 Å². The number of likely N-dealkylation sites (N-methyl/N-ethyl adjacent to an activating group) is 1. The van der Waals surface area contributed by atoms with Gasteiger partial charge in [-0.15, -0.1) is 0 Å². The summed E-state index contributed by atoms with van der Waals surface area (Å²) in [4.78, 5) is 2.82. The number of phenols is 1. The van der Waals surface area contributed by atoms with E-state index in [1.54, 1.807) is 18.2 Å². The molecule has 6 heteroatoms. The summed E-state index contributed by atoms with van der Waals surface area (Å²) < 4.78 is 23.3. The summed E-state index contributed by atoms with van der Waals surface area (Å²) >= 11 is 0. The fraction of sp³-hybridized carbons (Fsp3) is 0.478. The molecule has 1 aliphatic heterocycles. The van der Waals surface area contributed by atoms with Gasteiger partial charge in [-0.25, -0.2) is 8.42 Å². The highest BCUT2D eigenvalue weighted by Gasteiger charge is 2.49.